The van der Waals surface area contributed by atoms with E-state index in [9.17, 15) is 4.79 Å². The minimum Gasteiger partial charge on any atom is -0.322 e. The van der Waals surface area contributed by atoms with Crippen LogP contribution in [0.15, 0.2) is 30.3 Å². The Morgan fingerprint density at radius 3 is 2.62 bits per heavy atom. The number of hydrogen-bond acceptors (Lipinski definition) is 4. The van der Waals surface area contributed by atoms with Crippen molar-refractivity contribution in [2.45, 2.75) is 13.8 Å². The number of benzene rings is 2. The standard InChI is InChI=1S/C17H16N6O/c1-9-6-15-16(22-23(3)21-15)8-12(9)17(24)18-11-4-5-14-13(7-11)10(2)19-20-14/h4-8H,1-3H3,(H,18,24)(H,19,20). The lowest BCUT2D eigenvalue weighted by Crippen LogP contribution is -2.13. The molecule has 2 N–H and O–H groups in total. The molecule has 7 heteroatoms. The van der Waals surface area contributed by atoms with E-state index in [1.165, 1.54) is 4.80 Å². The van der Waals surface area contributed by atoms with Crippen molar-refractivity contribution in [3.8, 4) is 0 Å². The van der Waals surface area contributed by atoms with Gasteiger partial charge in [-0.05, 0) is 49.7 Å². The van der Waals surface area contributed by atoms with E-state index in [-0.39, 0.29) is 5.91 Å². The van der Waals surface area contributed by atoms with Gasteiger partial charge in [0.1, 0.15) is 11.0 Å². The molecule has 4 rings (SSSR count). The number of aromatic nitrogens is 5. The molecule has 4 aromatic rings. The van der Waals surface area contributed by atoms with E-state index in [1.54, 1.807) is 13.1 Å². The zero-order chi connectivity index (χ0) is 16.8. The summed E-state index contributed by atoms with van der Waals surface area (Å²) in [6.45, 7) is 3.85. The molecule has 0 aliphatic rings. The Hall–Kier alpha value is -3.22. The van der Waals surface area contributed by atoms with Crippen LogP contribution in [0.4, 0.5) is 5.69 Å². The molecule has 0 fully saturated rings. The predicted molar refractivity (Wildman–Crippen MR) is 92.0 cm³/mol. The summed E-state index contributed by atoms with van der Waals surface area (Å²) in [6.07, 6.45) is 0. The fourth-order valence-corrected chi connectivity index (χ4v) is 2.83. The molecule has 0 saturated carbocycles. The maximum absolute atomic E-state index is 12.7. The van der Waals surface area contributed by atoms with Crippen molar-refractivity contribution in [1.82, 2.24) is 25.2 Å². The second kappa shape index (κ2) is 5.16. The number of carbonyl (C=O) groups excluding carboxylic acids is 1. The lowest BCUT2D eigenvalue weighted by Gasteiger charge is -2.08. The first-order chi connectivity index (χ1) is 11.5. The molecule has 2 aromatic heterocycles. The molecular weight excluding hydrogens is 304 g/mol. The summed E-state index contributed by atoms with van der Waals surface area (Å²) >= 11 is 0. The van der Waals surface area contributed by atoms with Crippen LogP contribution in [-0.4, -0.2) is 31.1 Å². The Morgan fingerprint density at radius 1 is 1.08 bits per heavy atom. The number of nitrogens with zero attached hydrogens (tertiary/aromatic N) is 4. The summed E-state index contributed by atoms with van der Waals surface area (Å²) in [5, 5.41) is 19.6. The van der Waals surface area contributed by atoms with Gasteiger partial charge in [0.15, 0.2) is 0 Å². The highest BCUT2D eigenvalue weighted by molar-refractivity contribution is 6.07. The molecule has 1 amide bonds. The van der Waals surface area contributed by atoms with Crippen LogP contribution in [-0.2, 0) is 7.05 Å². The topological polar surface area (TPSA) is 88.5 Å². The summed E-state index contributed by atoms with van der Waals surface area (Å²) in [5.74, 6) is -0.166. The number of H-pyrrole nitrogens is 1. The van der Waals surface area contributed by atoms with E-state index in [0.29, 0.717) is 11.1 Å². The number of hydrogen-bond donors (Lipinski definition) is 2. The van der Waals surface area contributed by atoms with Gasteiger partial charge in [0.25, 0.3) is 5.91 Å². The summed E-state index contributed by atoms with van der Waals surface area (Å²) in [5.41, 5.74) is 5.51. The van der Waals surface area contributed by atoms with Gasteiger partial charge >= 0.3 is 0 Å². The summed E-state index contributed by atoms with van der Waals surface area (Å²) in [4.78, 5) is 14.2. The number of fused-ring (bicyclic) bond motifs is 2. The molecule has 2 aromatic carbocycles. The average molecular weight is 320 g/mol. The summed E-state index contributed by atoms with van der Waals surface area (Å²) in [7, 11) is 1.76. The Labute approximate surface area is 137 Å². The fourth-order valence-electron chi connectivity index (χ4n) is 2.83. The van der Waals surface area contributed by atoms with Crippen LogP contribution >= 0.6 is 0 Å². The second-order valence-corrected chi connectivity index (χ2v) is 5.88. The van der Waals surface area contributed by atoms with E-state index in [0.717, 1.165) is 33.4 Å². The third-order valence-electron chi connectivity index (χ3n) is 4.07. The molecule has 0 spiro atoms. The smallest absolute Gasteiger partial charge is 0.256 e. The fraction of sp³-hybridized carbons (Fsp3) is 0.176. The van der Waals surface area contributed by atoms with Crippen LogP contribution in [0.5, 0.6) is 0 Å². The molecule has 0 radical (unpaired) electrons. The minimum absolute atomic E-state index is 0.166. The average Bonchev–Trinajstić information content (AvgIpc) is 3.08. The Balaban J connectivity index is 1.69. The third kappa shape index (κ3) is 2.30. The Bertz CT molecular complexity index is 1090. The van der Waals surface area contributed by atoms with Crippen molar-refractivity contribution >= 4 is 33.5 Å². The summed E-state index contributed by atoms with van der Waals surface area (Å²) in [6, 6.07) is 9.29. The van der Waals surface area contributed by atoms with Gasteiger partial charge in [0, 0.05) is 29.4 Å². The van der Waals surface area contributed by atoms with Crippen LogP contribution < -0.4 is 5.32 Å². The number of nitrogens with one attached hydrogen (secondary N) is 2. The highest BCUT2D eigenvalue weighted by atomic mass is 16.1. The molecule has 0 bridgehead atoms. The van der Waals surface area contributed by atoms with Crippen molar-refractivity contribution in [2.24, 2.45) is 7.05 Å². The van der Waals surface area contributed by atoms with E-state index in [2.05, 4.69) is 25.7 Å². The highest BCUT2D eigenvalue weighted by Crippen LogP contribution is 2.22. The first-order valence-corrected chi connectivity index (χ1v) is 7.59. The zero-order valence-electron chi connectivity index (χ0n) is 13.6. The Morgan fingerprint density at radius 2 is 1.83 bits per heavy atom. The number of rotatable bonds is 2. The first kappa shape index (κ1) is 14.4. The van der Waals surface area contributed by atoms with Crippen LogP contribution in [0.2, 0.25) is 0 Å². The quantitative estimate of drug-likeness (QED) is 0.594. The molecule has 0 atom stereocenters. The van der Waals surface area contributed by atoms with E-state index in [1.807, 2.05) is 38.1 Å². The van der Waals surface area contributed by atoms with Gasteiger partial charge in [-0.1, -0.05) is 0 Å². The van der Waals surface area contributed by atoms with Crippen molar-refractivity contribution in [3.63, 3.8) is 0 Å². The number of anilines is 1. The van der Waals surface area contributed by atoms with E-state index in [4.69, 9.17) is 0 Å². The minimum atomic E-state index is -0.166. The maximum Gasteiger partial charge on any atom is 0.256 e. The molecule has 0 aliphatic carbocycles. The van der Waals surface area contributed by atoms with Crippen LogP contribution in [0.25, 0.3) is 21.9 Å². The first-order valence-electron chi connectivity index (χ1n) is 7.59. The van der Waals surface area contributed by atoms with E-state index < -0.39 is 0 Å². The molecule has 2 heterocycles. The van der Waals surface area contributed by atoms with Crippen molar-refractivity contribution < 1.29 is 4.79 Å². The predicted octanol–water partition coefficient (Wildman–Crippen LogP) is 2.71. The van der Waals surface area contributed by atoms with Gasteiger partial charge < -0.3 is 5.32 Å². The third-order valence-corrected chi connectivity index (χ3v) is 4.07. The van der Waals surface area contributed by atoms with Gasteiger partial charge in [-0.15, -0.1) is 0 Å². The molecule has 0 unspecified atom stereocenters. The summed E-state index contributed by atoms with van der Waals surface area (Å²) < 4.78 is 0. The lowest BCUT2D eigenvalue weighted by atomic mass is 10.1. The van der Waals surface area contributed by atoms with Gasteiger partial charge in [-0.2, -0.15) is 20.1 Å². The number of aryl methyl sites for hydroxylation is 3. The SMILES string of the molecule is Cc1cc2nn(C)nc2cc1C(=O)Nc1ccc2n[nH]c(C)c2c1. The molecule has 120 valence electrons. The lowest BCUT2D eigenvalue weighted by molar-refractivity contribution is 0.102. The molecular formula is C17H16N6O. The van der Waals surface area contributed by atoms with E-state index >= 15 is 0 Å². The van der Waals surface area contributed by atoms with Crippen LogP contribution in [0, 0.1) is 13.8 Å². The van der Waals surface area contributed by atoms with Crippen molar-refractivity contribution in [2.75, 3.05) is 5.32 Å². The van der Waals surface area contributed by atoms with Gasteiger partial charge in [0.05, 0.1) is 5.52 Å². The molecule has 0 saturated heterocycles. The van der Waals surface area contributed by atoms with Gasteiger partial charge in [-0.25, -0.2) is 0 Å². The monoisotopic (exact) mass is 320 g/mol. The zero-order valence-corrected chi connectivity index (χ0v) is 13.6. The second-order valence-electron chi connectivity index (χ2n) is 5.88. The normalized spacial score (nSPS) is 11.3. The van der Waals surface area contributed by atoms with Gasteiger partial charge in [-0.3, -0.25) is 9.89 Å². The molecule has 0 aliphatic heterocycles. The number of amides is 1. The largest absolute Gasteiger partial charge is 0.322 e. The number of aromatic amines is 1. The molecule has 7 nitrogen and oxygen atoms in total. The van der Waals surface area contributed by atoms with Crippen molar-refractivity contribution in [1.29, 1.82) is 0 Å². The maximum atomic E-state index is 12.7. The highest BCUT2D eigenvalue weighted by Gasteiger charge is 2.13. The van der Waals surface area contributed by atoms with Crippen molar-refractivity contribution in [3.05, 3.63) is 47.2 Å². The number of carbonyl (C=O) groups is 1. The van der Waals surface area contributed by atoms with Crippen LogP contribution in [0.3, 0.4) is 0 Å². The molecule has 24 heavy (non-hydrogen) atoms. The van der Waals surface area contributed by atoms with Crippen LogP contribution in [0.1, 0.15) is 21.6 Å². The van der Waals surface area contributed by atoms with Gasteiger partial charge in [0.2, 0.25) is 0 Å². The Kier molecular flexibility index (Phi) is 3.09.